The zero-order valence-corrected chi connectivity index (χ0v) is 6.60. The fraction of sp³-hybridized carbons (Fsp3) is 0. The van der Waals surface area contributed by atoms with Crippen molar-refractivity contribution in [1.29, 1.82) is 0 Å². The van der Waals surface area contributed by atoms with Gasteiger partial charge in [-0.05, 0) is 11.3 Å². The van der Waals surface area contributed by atoms with Gasteiger partial charge in [0.2, 0.25) is 5.82 Å². The molecule has 0 radical (unpaired) electrons. The summed E-state index contributed by atoms with van der Waals surface area (Å²) < 4.78 is 0. The van der Waals surface area contributed by atoms with Gasteiger partial charge < -0.3 is 0 Å². The smallest absolute Gasteiger partial charge is 0.203 e. The summed E-state index contributed by atoms with van der Waals surface area (Å²) in [5, 5.41) is 13.4. The number of benzene rings is 1. The molecule has 1 heterocycles. The van der Waals surface area contributed by atoms with E-state index in [2.05, 4.69) is 25.5 Å². The Labute approximate surface area is 74.2 Å². The quantitative estimate of drug-likeness (QED) is 0.660. The first-order valence-corrected chi connectivity index (χ1v) is 3.61. The molecule has 0 saturated heterocycles. The maximum absolute atomic E-state index is 6.83. The first kappa shape index (κ1) is 7.43. The molecule has 2 aromatic rings. The van der Waals surface area contributed by atoms with Crippen molar-refractivity contribution in [3.05, 3.63) is 35.7 Å². The Morgan fingerprint density at radius 2 is 2.31 bits per heavy atom. The van der Waals surface area contributed by atoms with Gasteiger partial charge in [0.15, 0.2) is 5.69 Å². The summed E-state index contributed by atoms with van der Waals surface area (Å²) in [6.07, 6.45) is 0. The lowest BCUT2D eigenvalue weighted by Crippen LogP contribution is -1.79. The van der Waals surface area contributed by atoms with Crippen molar-refractivity contribution in [1.82, 2.24) is 20.6 Å². The van der Waals surface area contributed by atoms with Gasteiger partial charge in [0.05, 0.1) is 6.57 Å². The molecule has 1 N–H and O–H groups in total. The van der Waals surface area contributed by atoms with Crippen LogP contribution < -0.4 is 0 Å². The van der Waals surface area contributed by atoms with Gasteiger partial charge in [-0.3, -0.25) is 0 Å². The molecule has 0 spiro atoms. The number of nitrogens with one attached hydrogen (secondary N) is 1. The van der Waals surface area contributed by atoms with Crippen molar-refractivity contribution >= 4 is 5.69 Å². The second kappa shape index (κ2) is 3.03. The molecule has 0 atom stereocenters. The summed E-state index contributed by atoms with van der Waals surface area (Å²) >= 11 is 0. The highest BCUT2D eigenvalue weighted by Gasteiger charge is 2.02. The monoisotopic (exact) mass is 171 g/mol. The third kappa shape index (κ3) is 1.37. The van der Waals surface area contributed by atoms with Crippen LogP contribution in [0.5, 0.6) is 0 Å². The van der Waals surface area contributed by atoms with Crippen LogP contribution in [0.4, 0.5) is 5.69 Å². The molecule has 62 valence electrons. The Balaban J connectivity index is 2.49. The summed E-state index contributed by atoms with van der Waals surface area (Å²) in [4.78, 5) is 3.30. The zero-order chi connectivity index (χ0) is 9.10. The lowest BCUT2D eigenvalue weighted by Gasteiger charge is -1.93. The predicted molar refractivity (Wildman–Crippen MR) is 45.9 cm³/mol. The van der Waals surface area contributed by atoms with Crippen LogP contribution in [0.25, 0.3) is 16.2 Å². The molecular weight excluding hydrogens is 166 g/mol. The number of tetrazole rings is 1. The lowest BCUT2D eigenvalue weighted by molar-refractivity contribution is 0.881. The van der Waals surface area contributed by atoms with Gasteiger partial charge in [-0.2, -0.15) is 5.21 Å². The van der Waals surface area contributed by atoms with E-state index in [9.17, 15) is 0 Å². The number of hydrogen-bond acceptors (Lipinski definition) is 3. The average Bonchev–Trinajstić information content (AvgIpc) is 2.71. The number of rotatable bonds is 1. The molecule has 1 aromatic carbocycles. The van der Waals surface area contributed by atoms with Crippen molar-refractivity contribution < 1.29 is 0 Å². The molecule has 0 fully saturated rings. The number of aromatic amines is 1. The molecular formula is C8H5N5. The van der Waals surface area contributed by atoms with Crippen LogP contribution in [0.1, 0.15) is 0 Å². The Morgan fingerprint density at radius 3 is 3.00 bits per heavy atom. The highest BCUT2D eigenvalue weighted by molar-refractivity contribution is 5.61. The fourth-order valence-electron chi connectivity index (χ4n) is 0.999. The van der Waals surface area contributed by atoms with Gasteiger partial charge in [-0.15, -0.1) is 10.2 Å². The van der Waals surface area contributed by atoms with E-state index in [1.807, 2.05) is 6.07 Å². The fourth-order valence-corrected chi connectivity index (χ4v) is 0.999. The van der Waals surface area contributed by atoms with Gasteiger partial charge in [-0.25, -0.2) is 4.85 Å². The van der Waals surface area contributed by atoms with Gasteiger partial charge in [0, 0.05) is 5.56 Å². The van der Waals surface area contributed by atoms with E-state index in [0.29, 0.717) is 11.5 Å². The van der Waals surface area contributed by atoms with E-state index in [-0.39, 0.29) is 0 Å². The standard InChI is InChI=1S/C8H5N5/c1-9-7-4-2-3-6(5-7)8-10-12-13-11-8/h2-5H,(H,10,11,12,13). The summed E-state index contributed by atoms with van der Waals surface area (Å²) in [7, 11) is 0. The molecule has 2 rings (SSSR count). The van der Waals surface area contributed by atoms with Crippen LogP contribution in [0, 0.1) is 6.57 Å². The van der Waals surface area contributed by atoms with Crippen LogP contribution in [-0.4, -0.2) is 20.6 Å². The molecule has 1 aromatic heterocycles. The minimum absolute atomic E-state index is 0.505. The third-order valence-corrected chi connectivity index (χ3v) is 1.58. The minimum Gasteiger partial charge on any atom is -0.238 e. The minimum atomic E-state index is 0.505. The Bertz CT molecular complexity index is 440. The van der Waals surface area contributed by atoms with Crippen LogP contribution in [0.15, 0.2) is 24.3 Å². The maximum atomic E-state index is 6.83. The Hall–Kier alpha value is -2.22. The van der Waals surface area contributed by atoms with Gasteiger partial charge in [-0.1, -0.05) is 18.2 Å². The van der Waals surface area contributed by atoms with Gasteiger partial charge in [0.25, 0.3) is 0 Å². The van der Waals surface area contributed by atoms with Crippen molar-refractivity contribution in [3.63, 3.8) is 0 Å². The number of H-pyrrole nitrogens is 1. The molecule has 0 bridgehead atoms. The van der Waals surface area contributed by atoms with Crippen LogP contribution in [-0.2, 0) is 0 Å². The average molecular weight is 171 g/mol. The van der Waals surface area contributed by atoms with E-state index < -0.39 is 0 Å². The molecule has 0 unspecified atom stereocenters. The number of nitrogens with zero attached hydrogens (tertiary/aromatic N) is 4. The number of aromatic nitrogens is 4. The summed E-state index contributed by atoms with van der Waals surface area (Å²) in [5.41, 5.74) is 1.37. The van der Waals surface area contributed by atoms with E-state index in [4.69, 9.17) is 6.57 Å². The van der Waals surface area contributed by atoms with Gasteiger partial charge >= 0.3 is 0 Å². The second-order valence-electron chi connectivity index (χ2n) is 2.40. The van der Waals surface area contributed by atoms with E-state index in [1.54, 1.807) is 18.2 Å². The SMILES string of the molecule is [C-]#[N+]c1cccc(-c2nn[nH]n2)c1. The highest BCUT2D eigenvalue weighted by atomic mass is 15.5. The Morgan fingerprint density at radius 1 is 1.38 bits per heavy atom. The molecule has 13 heavy (non-hydrogen) atoms. The van der Waals surface area contributed by atoms with Crippen LogP contribution in [0.2, 0.25) is 0 Å². The van der Waals surface area contributed by atoms with E-state index in [1.165, 1.54) is 0 Å². The van der Waals surface area contributed by atoms with E-state index in [0.717, 1.165) is 5.56 Å². The van der Waals surface area contributed by atoms with E-state index >= 15 is 0 Å². The second-order valence-corrected chi connectivity index (χ2v) is 2.40. The van der Waals surface area contributed by atoms with Crippen molar-refractivity contribution in [2.75, 3.05) is 0 Å². The normalized spacial score (nSPS) is 9.46. The first-order chi connectivity index (χ1) is 6.40. The molecule has 0 amide bonds. The molecule has 0 aliphatic carbocycles. The van der Waals surface area contributed by atoms with Crippen molar-refractivity contribution in [2.45, 2.75) is 0 Å². The van der Waals surface area contributed by atoms with Gasteiger partial charge in [0.1, 0.15) is 0 Å². The largest absolute Gasteiger partial charge is 0.238 e. The maximum Gasteiger partial charge on any atom is 0.203 e. The molecule has 0 aliphatic heterocycles. The molecule has 5 nitrogen and oxygen atoms in total. The first-order valence-electron chi connectivity index (χ1n) is 3.61. The lowest BCUT2D eigenvalue weighted by atomic mass is 10.2. The molecule has 0 saturated carbocycles. The summed E-state index contributed by atoms with van der Waals surface area (Å²) in [6.45, 7) is 6.83. The summed E-state index contributed by atoms with van der Waals surface area (Å²) in [5.74, 6) is 0.505. The van der Waals surface area contributed by atoms with Crippen molar-refractivity contribution in [2.24, 2.45) is 0 Å². The molecule has 0 aliphatic rings. The van der Waals surface area contributed by atoms with Crippen LogP contribution >= 0.6 is 0 Å². The van der Waals surface area contributed by atoms with Crippen LogP contribution in [0.3, 0.4) is 0 Å². The third-order valence-electron chi connectivity index (χ3n) is 1.58. The zero-order valence-electron chi connectivity index (χ0n) is 6.60. The molecule has 5 heteroatoms. The predicted octanol–water partition coefficient (Wildman–Crippen LogP) is 1.42. The topological polar surface area (TPSA) is 58.8 Å². The highest BCUT2D eigenvalue weighted by Crippen LogP contribution is 2.19. The summed E-state index contributed by atoms with van der Waals surface area (Å²) in [6, 6.07) is 7.08. The Kier molecular flexibility index (Phi) is 1.73. The van der Waals surface area contributed by atoms with Crippen molar-refractivity contribution in [3.8, 4) is 11.4 Å². The number of hydrogen-bond donors (Lipinski definition) is 1.